The molecule has 1 fully saturated rings. The molecule has 1 saturated heterocycles. The van der Waals surface area contributed by atoms with E-state index in [1.54, 1.807) is 17.4 Å². The molecule has 1 aliphatic heterocycles. The maximum Gasteiger partial charge on any atom is 0.246 e. The van der Waals surface area contributed by atoms with E-state index in [4.69, 9.17) is 4.52 Å². The van der Waals surface area contributed by atoms with Gasteiger partial charge in [0.2, 0.25) is 5.91 Å². The van der Waals surface area contributed by atoms with Crippen molar-refractivity contribution < 1.29 is 9.32 Å². The normalized spacial score (nSPS) is 16.3. The number of amides is 1. The summed E-state index contributed by atoms with van der Waals surface area (Å²) in [7, 11) is 0. The number of thiophene rings is 1. The quantitative estimate of drug-likeness (QED) is 0.808. The van der Waals surface area contributed by atoms with E-state index in [2.05, 4.69) is 10.1 Å². The van der Waals surface area contributed by atoms with Gasteiger partial charge in [-0.25, -0.2) is 0 Å². The molecule has 0 spiro atoms. The zero-order valence-corrected chi connectivity index (χ0v) is 14.3. The van der Waals surface area contributed by atoms with E-state index in [0.29, 0.717) is 0 Å². The zero-order chi connectivity index (χ0) is 16.2. The predicted molar refractivity (Wildman–Crippen MR) is 91.2 cm³/mol. The number of rotatable bonds is 4. The van der Waals surface area contributed by atoms with Crippen LogP contribution in [0.5, 0.6) is 0 Å². The molecule has 2 aromatic heterocycles. The van der Waals surface area contributed by atoms with Crippen LogP contribution in [0, 0.1) is 13.8 Å². The van der Waals surface area contributed by atoms with Crippen molar-refractivity contribution in [2.45, 2.75) is 20.4 Å². The average molecular weight is 331 g/mol. The largest absolute Gasteiger partial charge is 0.361 e. The maximum absolute atomic E-state index is 12.2. The third-order valence-electron chi connectivity index (χ3n) is 4.18. The van der Waals surface area contributed by atoms with Crippen LogP contribution in [0.3, 0.4) is 0 Å². The Hall–Kier alpha value is -1.92. The van der Waals surface area contributed by atoms with Gasteiger partial charge in [0.15, 0.2) is 0 Å². The van der Waals surface area contributed by atoms with Crippen LogP contribution in [-0.2, 0) is 11.3 Å². The molecule has 23 heavy (non-hydrogen) atoms. The fourth-order valence-corrected chi connectivity index (χ4v) is 3.34. The Kier molecular flexibility index (Phi) is 4.93. The summed E-state index contributed by atoms with van der Waals surface area (Å²) in [5, 5.41) is 6.01. The topological polar surface area (TPSA) is 49.6 Å². The number of nitrogens with zero attached hydrogens (tertiary/aromatic N) is 3. The molecule has 0 radical (unpaired) electrons. The zero-order valence-electron chi connectivity index (χ0n) is 13.5. The van der Waals surface area contributed by atoms with Gasteiger partial charge >= 0.3 is 0 Å². The lowest BCUT2D eigenvalue weighted by atomic mass is 10.2. The minimum Gasteiger partial charge on any atom is -0.361 e. The van der Waals surface area contributed by atoms with Gasteiger partial charge in [-0.15, -0.1) is 11.3 Å². The van der Waals surface area contributed by atoms with Crippen molar-refractivity contribution in [2.24, 2.45) is 0 Å². The Bertz CT molecular complexity index is 663. The monoisotopic (exact) mass is 331 g/mol. The van der Waals surface area contributed by atoms with Crippen LogP contribution in [-0.4, -0.2) is 47.0 Å². The second kappa shape index (κ2) is 7.10. The maximum atomic E-state index is 12.2. The number of hydrogen-bond acceptors (Lipinski definition) is 5. The number of aromatic nitrogens is 1. The molecule has 3 heterocycles. The summed E-state index contributed by atoms with van der Waals surface area (Å²) in [4.78, 5) is 17.6. The standard InChI is InChI=1S/C17H21N3O2S/c1-13-16(14(2)22-18-13)12-19-7-9-20(10-8-19)17(21)6-5-15-4-3-11-23-15/h3-6,11H,7-10,12H2,1-2H3/b6-5+. The van der Waals surface area contributed by atoms with E-state index in [1.807, 2.05) is 42.3 Å². The van der Waals surface area contributed by atoms with Crippen LogP contribution in [0.4, 0.5) is 0 Å². The highest BCUT2D eigenvalue weighted by atomic mass is 32.1. The Balaban J connectivity index is 1.51. The lowest BCUT2D eigenvalue weighted by Crippen LogP contribution is -2.47. The molecule has 6 heteroatoms. The molecule has 3 rings (SSSR count). The van der Waals surface area contributed by atoms with E-state index >= 15 is 0 Å². The van der Waals surface area contributed by atoms with Crippen LogP contribution >= 0.6 is 11.3 Å². The second-order valence-electron chi connectivity index (χ2n) is 5.75. The Morgan fingerprint density at radius 2 is 2.13 bits per heavy atom. The number of carbonyl (C=O) groups excluding carboxylic acids is 1. The molecule has 0 saturated carbocycles. The Morgan fingerprint density at radius 1 is 1.35 bits per heavy atom. The molecule has 2 aromatic rings. The molecule has 0 bridgehead atoms. The summed E-state index contributed by atoms with van der Waals surface area (Å²) >= 11 is 1.64. The summed E-state index contributed by atoms with van der Waals surface area (Å²) in [5.74, 6) is 0.982. The van der Waals surface area contributed by atoms with E-state index in [-0.39, 0.29) is 5.91 Å². The molecule has 1 aliphatic rings. The second-order valence-corrected chi connectivity index (χ2v) is 6.73. The summed E-state index contributed by atoms with van der Waals surface area (Å²) in [5.41, 5.74) is 2.13. The molecule has 1 amide bonds. The highest BCUT2D eigenvalue weighted by molar-refractivity contribution is 7.10. The third kappa shape index (κ3) is 3.89. The minimum absolute atomic E-state index is 0.0930. The van der Waals surface area contributed by atoms with E-state index in [1.165, 1.54) is 5.56 Å². The van der Waals surface area contributed by atoms with Crippen molar-refractivity contribution >= 4 is 23.3 Å². The van der Waals surface area contributed by atoms with Crippen molar-refractivity contribution in [3.05, 3.63) is 45.5 Å². The SMILES string of the molecule is Cc1noc(C)c1CN1CCN(C(=O)/C=C/c2cccs2)CC1. The Morgan fingerprint density at radius 3 is 2.74 bits per heavy atom. The average Bonchev–Trinajstić information content (AvgIpc) is 3.18. The van der Waals surface area contributed by atoms with Crippen LogP contribution in [0.15, 0.2) is 28.1 Å². The molecule has 0 unspecified atom stereocenters. The van der Waals surface area contributed by atoms with Crippen molar-refractivity contribution in [3.8, 4) is 0 Å². The van der Waals surface area contributed by atoms with Gasteiger partial charge < -0.3 is 9.42 Å². The van der Waals surface area contributed by atoms with Gasteiger partial charge in [-0.05, 0) is 31.4 Å². The van der Waals surface area contributed by atoms with Gasteiger partial charge in [0, 0.05) is 49.2 Å². The van der Waals surface area contributed by atoms with E-state index < -0.39 is 0 Å². The molecule has 0 aromatic carbocycles. The van der Waals surface area contributed by atoms with Gasteiger partial charge in [-0.3, -0.25) is 9.69 Å². The molecule has 0 aliphatic carbocycles. The highest BCUT2D eigenvalue weighted by Crippen LogP contribution is 2.16. The van der Waals surface area contributed by atoms with Gasteiger partial charge in [0.05, 0.1) is 5.69 Å². The van der Waals surface area contributed by atoms with E-state index in [0.717, 1.165) is 49.1 Å². The van der Waals surface area contributed by atoms with E-state index in [9.17, 15) is 4.79 Å². The molecular formula is C17H21N3O2S. The molecular weight excluding hydrogens is 310 g/mol. The van der Waals surface area contributed by atoms with Crippen molar-refractivity contribution in [2.75, 3.05) is 26.2 Å². The van der Waals surface area contributed by atoms with Gasteiger partial charge in [0.1, 0.15) is 5.76 Å². The fraction of sp³-hybridized carbons (Fsp3) is 0.412. The van der Waals surface area contributed by atoms with Crippen molar-refractivity contribution in [1.29, 1.82) is 0 Å². The smallest absolute Gasteiger partial charge is 0.246 e. The molecule has 0 N–H and O–H groups in total. The van der Waals surface area contributed by atoms with Gasteiger partial charge in [-0.1, -0.05) is 11.2 Å². The minimum atomic E-state index is 0.0930. The van der Waals surface area contributed by atoms with Crippen LogP contribution in [0.2, 0.25) is 0 Å². The van der Waals surface area contributed by atoms with Crippen LogP contribution < -0.4 is 0 Å². The molecule has 0 atom stereocenters. The predicted octanol–water partition coefficient (Wildman–Crippen LogP) is 2.71. The summed E-state index contributed by atoms with van der Waals surface area (Å²) < 4.78 is 5.21. The lowest BCUT2D eigenvalue weighted by Gasteiger charge is -2.34. The number of carbonyl (C=O) groups is 1. The van der Waals surface area contributed by atoms with Crippen LogP contribution in [0.1, 0.15) is 21.9 Å². The highest BCUT2D eigenvalue weighted by Gasteiger charge is 2.21. The number of piperazine rings is 1. The van der Waals surface area contributed by atoms with Crippen LogP contribution in [0.25, 0.3) is 6.08 Å². The van der Waals surface area contributed by atoms with Crippen molar-refractivity contribution in [3.63, 3.8) is 0 Å². The van der Waals surface area contributed by atoms with Crippen molar-refractivity contribution in [1.82, 2.24) is 15.0 Å². The Labute approximate surface area is 140 Å². The first-order chi connectivity index (χ1) is 11.1. The first kappa shape index (κ1) is 16.0. The summed E-state index contributed by atoms with van der Waals surface area (Å²) in [6, 6.07) is 4.00. The summed E-state index contributed by atoms with van der Waals surface area (Å²) in [6.45, 7) is 8.04. The lowest BCUT2D eigenvalue weighted by molar-refractivity contribution is -0.127. The molecule has 122 valence electrons. The number of aryl methyl sites for hydroxylation is 2. The van der Waals surface area contributed by atoms with Gasteiger partial charge in [0.25, 0.3) is 0 Å². The van der Waals surface area contributed by atoms with Gasteiger partial charge in [-0.2, -0.15) is 0 Å². The summed E-state index contributed by atoms with van der Waals surface area (Å²) in [6.07, 6.45) is 3.57. The first-order valence-electron chi connectivity index (χ1n) is 7.78. The molecule has 5 nitrogen and oxygen atoms in total. The first-order valence-corrected chi connectivity index (χ1v) is 8.66. The third-order valence-corrected chi connectivity index (χ3v) is 5.02. The fourth-order valence-electron chi connectivity index (χ4n) is 2.72. The number of hydrogen-bond donors (Lipinski definition) is 0.